The third kappa shape index (κ3) is 3.48. The molecule has 0 spiro atoms. The van der Waals surface area contributed by atoms with Gasteiger partial charge in [0.15, 0.2) is 0 Å². The van der Waals surface area contributed by atoms with Gasteiger partial charge in [-0.05, 0) is 6.92 Å². The van der Waals surface area contributed by atoms with E-state index in [0.29, 0.717) is 6.07 Å². The van der Waals surface area contributed by atoms with Gasteiger partial charge in [-0.25, -0.2) is 0 Å². The lowest BCUT2D eigenvalue weighted by molar-refractivity contribution is -0.394. The van der Waals surface area contributed by atoms with Crippen molar-refractivity contribution >= 4 is 23.3 Å². The van der Waals surface area contributed by atoms with Crippen LogP contribution in [0.3, 0.4) is 0 Å². The topological polar surface area (TPSA) is 153 Å². The van der Waals surface area contributed by atoms with Gasteiger partial charge in [-0.2, -0.15) is 0 Å². The first-order valence-corrected chi connectivity index (χ1v) is 5.20. The highest BCUT2D eigenvalue weighted by Crippen LogP contribution is 2.22. The molecule has 1 aromatic carbocycles. The van der Waals surface area contributed by atoms with Crippen LogP contribution in [0.2, 0.25) is 0 Å². The van der Waals surface area contributed by atoms with Gasteiger partial charge in [-0.3, -0.25) is 29.8 Å². The fourth-order valence-electron chi connectivity index (χ4n) is 1.28. The summed E-state index contributed by atoms with van der Waals surface area (Å²) in [6.07, 6.45) is 0. The van der Waals surface area contributed by atoms with Crippen LogP contribution >= 0.6 is 0 Å². The van der Waals surface area contributed by atoms with Gasteiger partial charge in [-0.15, -0.1) is 0 Å². The standard InChI is InChI=1S/C10H9N3O7/c1-5(10(15)16)11-9(14)6-2-7(12(17)18)4-8(3-6)13(19)20/h2-5H,1H3,(H,11,14)(H,15,16)/t5-/m0/s1. The molecule has 0 unspecified atom stereocenters. The van der Waals surface area contributed by atoms with Gasteiger partial charge in [0.2, 0.25) is 0 Å². The minimum Gasteiger partial charge on any atom is -0.480 e. The molecule has 0 fully saturated rings. The number of nitro benzene ring substituents is 2. The molecule has 10 heteroatoms. The Labute approximate surface area is 111 Å². The van der Waals surface area contributed by atoms with Crippen LogP contribution in [0.15, 0.2) is 18.2 Å². The van der Waals surface area contributed by atoms with E-state index in [4.69, 9.17) is 5.11 Å². The highest BCUT2D eigenvalue weighted by Gasteiger charge is 2.22. The summed E-state index contributed by atoms with van der Waals surface area (Å²) in [6.45, 7) is 1.19. The SMILES string of the molecule is C[C@H](NC(=O)c1cc([N+](=O)[O-])cc([N+](=O)[O-])c1)C(=O)O. The number of hydrogen-bond acceptors (Lipinski definition) is 6. The summed E-state index contributed by atoms with van der Waals surface area (Å²) in [6, 6.07) is 1.13. The first-order valence-electron chi connectivity index (χ1n) is 5.20. The van der Waals surface area contributed by atoms with Crippen molar-refractivity contribution in [3.63, 3.8) is 0 Å². The molecule has 0 radical (unpaired) electrons. The zero-order chi connectivity index (χ0) is 15.4. The van der Waals surface area contributed by atoms with Crippen LogP contribution in [0.1, 0.15) is 17.3 Å². The average molecular weight is 283 g/mol. The molecule has 1 amide bonds. The minimum atomic E-state index is -1.31. The third-order valence-electron chi connectivity index (χ3n) is 2.30. The van der Waals surface area contributed by atoms with E-state index >= 15 is 0 Å². The maximum absolute atomic E-state index is 11.7. The number of carboxylic acid groups (broad SMARTS) is 1. The van der Waals surface area contributed by atoms with Crippen LogP contribution in [0.5, 0.6) is 0 Å². The predicted octanol–water partition coefficient (Wildman–Crippen LogP) is 0.706. The van der Waals surface area contributed by atoms with Crippen molar-refractivity contribution in [3.8, 4) is 0 Å². The molecular formula is C10H9N3O7. The fourth-order valence-corrected chi connectivity index (χ4v) is 1.28. The molecule has 0 saturated carbocycles. The first kappa shape index (κ1) is 15.0. The molecule has 0 aliphatic carbocycles. The Hall–Kier alpha value is -3.04. The summed E-state index contributed by atoms with van der Waals surface area (Å²) in [5.41, 5.74) is -1.63. The van der Waals surface area contributed by atoms with Crippen molar-refractivity contribution in [2.75, 3.05) is 0 Å². The second kappa shape index (κ2) is 5.73. The van der Waals surface area contributed by atoms with E-state index in [-0.39, 0.29) is 5.56 Å². The lowest BCUT2D eigenvalue weighted by Crippen LogP contribution is -2.38. The van der Waals surface area contributed by atoms with Gasteiger partial charge >= 0.3 is 5.97 Å². The van der Waals surface area contributed by atoms with E-state index in [1.54, 1.807) is 0 Å². The quantitative estimate of drug-likeness (QED) is 0.595. The van der Waals surface area contributed by atoms with Gasteiger partial charge < -0.3 is 10.4 Å². The number of rotatable bonds is 5. The summed E-state index contributed by atoms with van der Waals surface area (Å²) in [5.74, 6) is -2.26. The Bertz CT molecular complexity index is 566. The lowest BCUT2D eigenvalue weighted by atomic mass is 10.1. The fraction of sp³-hybridized carbons (Fsp3) is 0.200. The number of carbonyl (C=O) groups is 2. The van der Waals surface area contributed by atoms with Crippen molar-refractivity contribution in [1.29, 1.82) is 0 Å². The van der Waals surface area contributed by atoms with Crippen molar-refractivity contribution < 1.29 is 24.5 Å². The molecule has 1 aromatic rings. The lowest BCUT2D eigenvalue weighted by Gasteiger charge is -2.08. The Morgan fingerprint density at radius 2 is 1.60 bits per heavy atom. The van der Waals surface area contributed by atoms with E-state index < -0.39 is 39.1 Å². The number of non-ortho nitro benzene ring substituents is 2. The molecule has 2 N–H and O–H groups in total. The van der Waals surface area contributed by atoms with Crippen LogP contribution < -0.4 is 5.32 Å². The van der Waals surface area contributed by atoms with Crippen molar-refractivity contribution in [1.82, 2.24) is 5.32 Å². The Kier molecular flexibility index (Phi) is 4.31. The van der Waals surface area contributed by atoms with Gasteiger partial charge in [0, 0.05) is 12.1 Å². The van der Waals surface area contributed by atoms with E-state index in [9.17, 15) is 29.8 Å². The van der Waals surface area contributed by atoms with Crippen LogP contribution in [0, 0.1) is 20.2 Å². The Morgan fingerprint density at radius 1 is 1.15 bits per heavy atom. The molecule has 0 aliphatic rings. The summed E-state index contributed by atoms with van der Waals surface area (Å²) in [7, 11) is 0. The number of nitrogens with zero attached hydrogens (tertiary/aromatic N) is 2. The molecule has 0 aromatic heterocycles. The zero-order valence-electron chi connectivity index (χ0n) is 10.1. The number of hydrogen-bond donors (Lipinski definition) is 2. The maximum Gasteiger partial charge on any atom is 0.325 e. The van der Waals surface area contributed by atoms with E-state index in [0.717, 1.165) is 12.1 Å². The van der Waals surface area contributed by atoms with Gasteiger partial charge in [0.25, 0.3) is 17.3 Å². The number of carboxylic acids is 1. The zero-order valence-corrected chi connectivity index (χ0v) is 10.1. The third-order valence-corrected chi connectivity index (χ3v) is 2.30. The Balaban J connectivity index is 3.16. The van der Waals surface area contributed by atoms with Gasteiger partial charge in [0.05, 0.1) is 21.5 Å². The summed E-state index contributed by atoms with van der Waals surface area (Å²) >= 11 is 0. The van der Waals surface area contributed by atoms with Crippen molar-refractivity contribution in [3.05, 3.63) is 44.0 Å². The monoisotopic (exact) mass is 283 g/mol. The summed E-state index contributed by atoms with van der Waals surface area (Å²) < 4.78 is 0. The molecule has 0 heterocycles. The molecule has 0 aliphatic heterocycles. The van der Waals surface area contributed by atoms with Crippen LogP contribution in [0.4, 0.5) is 11.4 Å². The summed E-state index contributed by atoms with van der Waals surface area (Å²) in [4.78, 5) is 41.8. The van der Waals surface area contributed by atoms with Crippen LogP contribution in [-0.4, -0.2) is 32.9 Å². The second-order valence-electron chi connectivity index (χ2n) is 3.79. The number of aliphatic carboxylic acids is 1. The van der Waals surface area contributed by atoms with Crippen LogP contribution in [0.25, 0.3) is 0 Å². The molecule has 1 atom stereocenters. The normalized spacial score (nSPS) is 11.4. The van der Waals surface area contributed by atoms with Crippen molar-refractivity contribution in [2.45, 2.75) is 13.0 Å². The van der Waals surface area contributed by atoms with E-state index in [2.05, 4.69) is 0 Å². The average Bonchev–Trinajstić information content (AvgIpc) is 2.37. The van der Waals surface area contributed by atoms with Gasteiger partial charge in [0.1, 0.15) is 6.04 Å². The molecule has 1 rings (SSSR count). The minimum absolute atomic E-state index is 0.362. The summed E-state index contributed by atoms with van der Waals surface area (Å²) in [5, 5.41) is 32.0. The second-order valence-corrected chi connectivity index (χ2v) is 3.79. The number of nitro groups is 2. The number of benzene rings is 1. The van der Waals surface area contributed by atoms with E-state index in [1.165, 1.54) is 6.92 Å². The highest BCUT2D eigenvalue weighted by atomic mass is 16.6. The molecular weight excluding hydrogens is 274 g/mol. The predicted molar refractivity (Wildman–Crippen MR) is 64.3 cm³/mol. The Morgan fingerprint density at radius 3 is 1.95 bits per heavy atom. The molecule has 10 nitrogen and oxygen atoms in total. The molecule has 0 bridgehead atoms. The maximum atomic E-state index is 11.7. The largest absolute Gasteiger partial charge is 0.480 e. The van der Waals surface area contributed by atoms with E-state index in [1.807, 2.05) is 5.32 Å². The van der Waals surface area contributed by atoms with Crippen molar-refractivity contribution in [2.24, 2.45) is 0 Å². The molecule has 0 saturated heterocycles. The smallest absolute Gasteiger partial charge is 0.325 e. The highest BCUT2D eigenvalue weighted by molar-refractivity contribution is 5.97. The van der Waals surface area contributed by atoms with Gasteiger partial charge in [-0.1, -0.05) is 0 Å². The number of carbonyl (C=O) groups excluding carboxylic acids is 1. The van der Waals surface area contributed by atoms with Crippen LogP contribution in [-0.2, 0) is 4.79 Å². The molecule has 20 heavy (non-hydrogen) atoms. The molecule has 106 valence electrons. The number of nitrogens with one attached hydrogen (secondary N) is 1. The number of amides is 1. The first-order chi connectivity index (χ1) is 9.22.